The third-order valence-electron chi connectivity index (χ3n) is 2.81. The molecule has 92 valence electrons. The maximum absolute atomic E-state index is 11.7. The van der Waals surface area contributed by atoms with Gasteiger partial charge in [-0.25, -0.2) is 4.79 Å². The largest absolute Gasteiger partial charge is 0.463 e. The highest BCUT2D eigenvalue weighted by atomic mass is 16.5. The number of hydroxylamine groups is 2. The van der Waals surface area contributed by atoms with E-state index < -0.39 is 11.1 Å². The van der Waals surface area contributed by atoms with Crippen LogP contribution < -0.4 is 0 Å². The zero-order valence-corrected chi connectivity index (χ0v) is 10.7. The molecule has 0 aromatic carbocycles. The Bertz CT molecular complexity index is 318. The van der Waals surface area contributed by atoms with Crippen LogP contribution in [0.25, 0.3) is 0 Å². The predicted octanol–water partition coefficient (Wildman–Crippen LogP) is 2.13. The van der Waals surface area contributed by atoms with Crippen LogP contribution in [0.1, 0.15) is 41.0 Å². The molecule has 0 bridgehead atoms. The van der Waals surface area contributed by atoms with Crippen LogP contribution in [0.5, 0.6) is 0 Å². The molecule has 0 radical (unpaired) electrons. The lowest BCUT2D eigenvalue weighted by Gasteiger charge is -2.46. The van der Waals surface area contributed by atoms with E-state index in [2.05, 4.69) is 0 Å². The van der Waals surface area contributed by atoms with Crippen LogP contribution in [-0.4, -0.2) is 33.9 Å². The van der Waals surface area contributed by atoms with Crippen molar-refractivity contribution in [1.29, 1.82) is 0 Å². The Balaban J connectivity index is 3.01. The van der Waals surface area contributed by atoms with Gasteiger partial charge in [0.2, 0.25) is 0 Å². The van der Waals surface area contributed by atoms with E-state index in [9.17, 15) is 10.0 Å². The van der Waals surface area contributed by atoms with Crippen molar-refractivity contribution in [2.45, 2.75) is 52.1 Å². The number of carbonyl (C=O) groups excluding carboxylic acids is 1. The maximum atomic E-state index is 11.7. The van der Waals surface area contributed by atoms with Gasteiger partial charge in [0, 0.05) is 11.1 Å². The first-order valence-corrected chi connectivity index (χ1v) is 5.59. The summed E-state index contributed by atoms with van der Waals surface area (Å²) < 4.78 is 5.00. The maximum Gasteiger partial charge on any atom is 0.333 e. The Morgan fingerprint density at radius 2 is 2.06 bits per heavy atom. The second-order valence-electron chi connectivity index (χ2n) is 5.34. The monoisotopic (exact) mass is 227 g/mol. The lowest BCUT2D eigenvalue weighted by molar-refractivity contribution is -0.214. The van der Waals surface area contributed by atoms with Gasteiger partial charge in [-0.05, 0) is 41.0 Å². The average molecular weight is 227 g/mol. The van der Waals surface area contributed by atoms with Crippen molar-refractivity contribution in [3.63, 3.8) is 0 Å². The molecule has 0 aromatic rings. The van der Waals surface area contributed by atoms with E-state index in [1.807, 2.05) is 27.7 Å². The minimum absolute atomic E-state index is 0.281. The number of hydrogen-bond donors (Lipinski definition) is 1. The van der Waals surface area contributed by atoms with Crippen molar-refractivity contribution < 1.29 is 14.7 Å². The van der Waals surface area contributed by atoms with E-state index in [1.165, 1.54) is 5.06 Å². The molecule has 1 aliphatic heterocycles. The summed E-state index contributed by atoms with van der Waals surface area (Å²) >= 11 is 0. The summed E-state index contributed by atoms with van der Waals surface area (Å²) in [7, 11) is 0. The van der Waals surface area contributed by atoms with Crippen LogP contribution >= 0.6 is 0 Å². The van der Waals surface area contributed by atoms with Gasteiger partial charge in [0.05, 0.1) is 12.1 Å². The lowest BCUT2D eigenvalue weighted by atomic mass is 9.83. The van der Waals surface area contributed by atoms with Crippen LogP contribution in [-0.2, 0) is 9.53 Å². The summed E-state index contributed by atoms with van der Waals surface area (Å²) in [4.78, 5) is 11.7. The van der Waals surface area contributed by atoms with Crippen molar-refractivity contribution in [1.82, 2.24) is 5.06 Å². The number of rotatable bonds is 2. The number of ether oxygens (including phenoxy) is 1. The fourth-order valence-electron chi connectivity index (χ4n) is 2.21. The van der Waals surface area contributed by atoms with Crippen LogP contribution in [0.15, 0.2) is 11.6 Å². The topological polar surface area (TPSA) is 49.8 Å². The quantitative estimate of drug-likeness (QED) is 0.734. The molecular formula is C12H21NO3. The van der Waals surface area contributed by atoms with Crippen LogP contribution in [0, 0.1) is 0 Å². The minimum Gasteiger partial charge on any atom is -0.463 e. The average Bonchev–Trinajstić information content (AvgIpc) is 2.13. The first kappa shape index (κ1) is 13.2. The summed E-state index contributed by atoms with van der Waals surface area (Å²) in [5.41, 5.74) is -0.369. The summed E-state index contributed by atoms with van der Waals surface area (Å²) in [6.45, 7) is 9.71. The van der Waals surface area contributed by atoms with E-state index >= 15 is 0 Å². The third-order valence-corrected chi connectivity index (χ3v) is 2.81. The fourth-order valence-corrected chi connectivity index (χ4v) is 2.21. The number of nitrogens with zero attached hydrogens (tertiary/aromatic N) is 1. The third kappa shape index (κ3) is 2.44. The van der Waals surface area contributed by atoms with E-state index in [-0.39, 0.29) is 5.97 Å². The zero-order chi connectivity index (χ0) is 12.6. The van der Waals surface area contributed by atoms with Crippen molar-refractivity contribution in [2.24, 2.45) is 0 Å². The molecule has 1 aliphatic rings. The van der Waals surface area contributed by atoms with E-state index in [0.29, 0.717) is 18.6 Å². The van der Waals surface area contributed by atoms with Crippen LogP contribution in [0.2, 0.25) is 0 Å². The van der Waals surface area contributed by atoms with Crippen LogP contribution in [0.3, 0.4) is 0 Å². The molecule has 0 unspecified atom stereocenters. The van der Waals surface area contributed by atoms with Gasteiger partial charge >= 0.3 is 5.97 Å². The summed E-state index contributed by atoms with van der Waals surface area (Å²) in [5.74, 6) is -0.281. The standard InChI is InChI=1S/C12H21NO3/c1-6-16-10(14)9-7-11(2,3)13(15)12(4,5)8-9/h7,15H,6,8H2,1-5H3. The number of esters is 1. The normalized spacial score (nSPS) is 23.8. The first-order chi connectivity index (χ1) is 7.20. The summed E-state index contributed by atoms with van der Waals surface area (Å²) in [6.07, 6.45) is 2.27. The smallest absolute Gasteiger partial charge is 0.333 e. The zero-order valence-electron chi connectivity index (χ0n) is 10.7. The van der Waals surface area contributed by atoms with Gasteiger partial charge in [-0.3, -0.25) is 0 Å². The highest BCUT2D eigenvalue weighted by Gasteiger charge is 2.42. The Kier molecular flexibility index (Phi) is 3.45. The molecule has 0 saturated carbocycles. The van der Waals surface area contributed by atoms with E-state index in [1.54, 1.807) is 13.0 Å². The molecule has 0 atom stereocenters. The molecule has 1 rings (SSSR count). The fraction of sp³-hybridized carbons (Fsp3) is 0.750. The second kappa shape index (κ2) is 4.18. The van der Waals surface area contributed by atoms with Crippen molar-refractivity contribution in [3.05, 3.63) is 11.6 Å². The molecule has 4 heteroatoms. The predicted molar refractivity (Wildman–Crippen MR) is 61.1 cm³/mol. The Hall–Kier alpha value is -0.870. The number of hydrogen-bond acceptors (Lipinski definition) is 4. The van der Waals surface area contributed by atoms with Gasteiger partial charge in [-0.15, -0.1) is 0 Å². The van der Waals surface area contributed by atoms with Crippen LogP contribution in [0.4, 0.5) is 0 Å². The minimum atomic E-state index is -0.552. The molecule has 1 N–H and O–H groups in total. The Morgan fingerprint density at radius 1 is 1.50 bits per heavy atom. The summed E-state index contributed by atoms with van der Waals surface area (Å²) in [6, 6.07) is 0. The van der Waals surface area contributed by atoms with Crippen molar-refractivity contribution in [2.75, 3.05) is 6.61 Å². The van der Waals surface area contributed by atoms with Gasteiger partial charge in [0.15, 0.2) is 0 Å². The molecule has 0 fully saturated rings. The SMILES string of the molecule is CCOC(=O)C1=CC(C)(C)N(O)C(C)(C)C1. The molecule has 0 spiro atoms. The molecule has 0 aliphatic carbocycles. The van der Waals surface area contributed by atoms with Gasteiger partial charge in [-0.1, -0.05) is 6.08 Å². The Morgan fingerprint density at radius 3 is 2.50 bits per heavy atom. The molecule has 0 aromatic heterocycles. The van der Waals surface area contributed by atoms with Gasteiger partial charge in [0.1, 0.15) is 0 Å². The molecule has 0 amide bonds. The van der Waals surface area contributed by atoms with Gasteiger partial charge in [0.25, 0.3) is 0 Å². The molecule has 1 heterocycles. The van der Waals surface area contributed by atoms with Crippen molar-refractivity contribution in [3.8, 4) is 0 Å². The van der Waals surface area contributed by atoms with Gasteiger partial charge < -0.3 is 9.94 Å². The second-order valence-corrected chi connectivity index (χ2v) is 5.34. The highest BCUT2D eigenvalue weighted by molar-refractivity contribution is 5.89. The molecule has 0 saturated heterocycles. The highest BCUT2D eigenvalue weighted by Crippen LogP contribution is 2.35. The summed E-state index contributed by atoms with van der Waals surface area (Å²) in [5, 5.41) is 11.3. The molecule has 4 nitrogen and oxygen atoms in total. The molecule has 16 heavy (non-hydrogen) atoms. The first-order valence-electron chi connectivity index (χ1n) is 5.59. The van der Waals surface area contributed by atoms with Crippen molar-refractivity contribution >= 4 is 5.97 Å². The van der Waals surface area contributed by atoms with Gasteiger partial charge in [-0.2, -0.15) is 5.06 Å². The lowest BCUT2D eigenvalue weighted by Crippen LogP contribution is -2.56. The van der Waals surface area contributed by atoms with E-state index in [0.717, 1.165) is 0 Å². The Labute approximate surface area is 96.8 Å². The molecular weight excluding hydrogens is 206 g/mol. The number of carbonyl (C=O) groups is 1. The van der Waals surface area contributed by atoms with E-state index in [4.69, 9.17) is 4.74 Å².